The summed E-state index contributed by atoms with van der Waals surface area (Å²) in [6.45, 7) is 1.81. The fourth-order valence-corrected chi connectivity index (χ4v) is 5.09. The van der Waals surface area contributed by atoms with Crippen molar-refractivity contribution < 1.29 is 4.79 Å². The summed E-state index contributed by atoms with van der Waals surface area (Å²) in [5, 5.41) is 14.1. The highest BCUT2D eigenvalue weighted by molar-refractivity contribution is 7.98. The number of hydrogen-bond donors (Lipinski definition) is 1. The summed E-state index contributed by atoms with van der Waals surface area (Å²) in [6, 6.07) is 19.3. The van der Waals surface area contributed by atoms with Crippen molar-refractivity contribution in [3.8, 4) is 5.69 Å². The lowest BCUT2D eigenvalue weighted by Gasteiger charge is -2.17. The maximum absolute atomic E-state index is 12.9. The van der Waals surface area contributed by atoms with Crippen molar-refractivity contribution in [3.63, 3.8) is 0 Å². The van der Waals surface area contributed by atoms with Gasteiger partial charge in [-0.1, -0.05) is 88.5 Å². The standard InChI is InChI=1S/C24H18Cl4N4OS/c1-14(29-23(33)16-9-18(26)11-19(27)10-16)22-30-31-24(34-13-15-5-3-2-4-6-15)32(22)21-12-17(25)7-8-20(21)28/h2-12,14H,13H2,1H3,(H,29,33). The van der Waals surface area contributed by atoms with E-state index in [2.05, 4.69) is 15.5 Å². The van der Waals surface area contributed by atoms with E-state index in [4.69, 9.17) is 46.4 Å². The van der Waals surface area contributed by atoms with Gasteiger partial charge < -0.3 is 5.32 Å². The van der Waals surface area contributed by atoms with E-state index in [0.717, 1.165) is 5.56 Å². The van der Waals surface area contributed by atoms with Crippen LogP contribution in [0.2, 0.25) is 20.1 Å². The SMILES string of the molecule is CC(NC(=O)c1cc(Cl)cc(Cl)c1)c1nnc(SCc2ccccc2)n1-c1cc(Cl)ccc1Cl. The molecule has 4 rings (SSSR count). The van der Waals surface area contributed by atoms with Gasteiger partial charge >= 0.3 is 0 Å². The average Bonchev–Trinajstić information content (AvgIpc) is 3.23. The molecular formula is C24H18Cl4N4OS. The molecule has 3 aromatic carbocycles. The van der Waals surface area contributed by atoms with E-state index in [-0.39, 0.29) is 5.91 Å². The van der Waals surface area contributed by atoms with Crippen LogP contribution in [0.4, 0.5) is 0 Å². The lowest BCUT2D eigenvalue weighted by atomic mass is 10.2. The van der Waals surface area contributed by atoms with Crippen LogP contribution in [-0.4, -0.2) is 20.7 Å². The zero-order valence-electron chi connectivity index (χ0n) is 17.8. The van der Waals surface area contributed by atoms with Crippen molar-refractivity contribution in [1.82, 2.24) is 20.1 Å². The summed E-state index contributed by atoms with van der Waals surface area (Å²) < 4.78 is 1.82. The van der Waals surface area contributed by atoms with E-state index in [1.807, 2.05) is 41.8 Å². The summed E-state index contributed by atoms with van der Waals surface area (Å²) in [5.41, 5.74) is 2.10. The molecule has 1 unspecified atom stereocenters. The van der Waals surface area contributed by atoms with Gasteiger partial charge in [0.1, 0.15) is 0 Å². The van der Waals surface area contributed by atoms with Gasteiger partial charge in [-0.2, -0.15) is 0 Å². The monoisotopic (exact) mass is 550 g/mol. The van der Waals surface area contributed by atoms with Gasteiger partial charge in [0.25, 0.3) is 5.91 Å². The Morgan fingerprint density at radius 2 is 1.65 bits per heavy atom. The summed E-state index contributed by atoms with van der Waals surface area (Å²) in [6.07, 6.45) is 0. The van der Waals surface area contributed by atoms with Gasteiger partial charge in [-0.05, 0) is 48.9 Å². The summed E-state index contributed by atoms with van der Waals surface area (Å²) in [5.74, 6) is 0.835. The van der Waals surface area contributed by atoms with E-state index in [9.17, 15) is 4.79 Å². The molecule has 4 aromatic rings. The van der Waals surface area contributed by atoms with E-state index in [1.54, 1.807) is 36.4 Å². The third-order valence-electron chi connectivity index (χ3n) is 4.88. The van der Waals surface area contributed by atoms with Crippen LogP contribution in [0.3, 0.4) is 0 Å². The number of hydrogen-bond acceptors (Lipinski definition) is 4. The molecule has 34 heavy (non-hydrogen) atoms. The fraction of sp³-hybridized carbons (Fsp3) is 0.125. The third kappa shape index (κ3) is 5.88. The Kier molecular flexibility index (Phi) is 8.06. The van der Waals surface area contributed by atoms with Crippen molar-refractivity contribution in [2.75, 3.05) is 0 Å². The van der Waals surface area contributed by atoms with Gasteiger partial charge in [0, 0.05) is 26.4 Å². The molecule has 1 heterocycles. The Morgan fingerprint density at radius 3 is 2.35 bits per heavy atom. The lowest BCUT2D eigenvalue weighted by molar-refractivity contribution is 0.0938. The second kappa shape index (κ2) is 11.0. The molecule has 1 amide bonds. The molecule has 0 saturated heterocycles. The predicted molar refractivity (Wildman–Crippen MR) is 140 cm³/mol. The Balaban J connectivity index is 1.67. The molecule has 0 saturated carbocycles. The second-order valence-electron chi connectivity index (χ2n) is 7.40. The minimum absolute atomic E-state index is 0.342. The Bertz CT molecular complexity index is 1310. The minimum Gasteiger partial charge on any atom is -0.342 e. The first-order valence-electron chi connectivity index (χ1n) is 10.2. The van der Waals surface area contributed by atoms with Crippen LogP contribution in [0, 0.1) is 0 Å². The Hall–Kier alpha value is -2.22. The van der Waals surface area contributed by atoms with E-state index in [0.29, 0.717) is 48.1 Å². The van der Waals surface area contributed by atoms with E-state index >= 15 is 0 Å². The van der Waals surface area contributed by atoms with Gasteiger partial charge in [-0.25, -0.2) is 0 Å². The van der Waals surface area contributed by atoms with Crippen LogP contribution in [-0.2, 0) is 5.75 Å². The highest BCUT2D eigenvalue weighted by Gasteiger charge is 2.23. The van der Waals surface area contributed by atoms with E-state index < -0.39 is 6.04 Å². The lowest BCUT2D eigenvalue weighted by Crippen LogP contribution is -2.28. The molecule has 10 heteroatoms. The molecule has 1 N–H and O–H groups in total. The first kappa shape index (κ1) is 24.9. The van der Waals surface area contributed by atoms with Crippen molar-refractivity contribution >= 4 is 64.1 Å². The summed E-state index contributed by atoms with van der Waals surface area (Å²) >= 11 is 26.4. The summed E-state index contributed by atoms with van der Waals surface area (Å²) in [7, 11) is 0. The second-order valence-corrected chi connectivity index (χ2v) is 10.1. The number of carbonyl (C=O) groups excluding carboxylic acids is 1. The highest BCUT2D eigenvalue weighted by atomic mass is 35.5. The molecule has 0 radical (unpaired) electrons. The van der Waals surface area contributed by atoms with Gasteiger partial charge in [-0.15, -0.1) is 10.2 Å². The maximum atomic E-state index is 12.9. The smallest absolute Gasteiger partial charge is 0.251 e. The van der Waals surface area contributed by atoms with Crippen LogP contribution in [0.1, 0.15) is 34.7 Å². The molecule has 1 aromatic heterocycles. The summed E-state index contributed by atoms with van der Waals surface area (Å²) in [4.78, 5) is 12.9. The highest BCUT2D eigenvalue weighted by Crippen LogP contribution is 2.32. The van der Waals surface area contributed by atoms with Crippen LogP contribution < -0.4 is 5.32 Å². The third-order valence-corrected chi connectivity index (χ3v) is 6.87. The first-order chi connectivity index (χ1) is 16.3. The fourth-order valence-electron chi connectivity index (χ4n) is 3.29. The molecule has 1 atom stereocenters. The number of rotatable bonds is 7. The quantitative estimate of drug-likeness (QED) is 0.239. The van der Waals surface area contributed by atoms with Gasteiger partial charge in [0.2, 0.25) is 0 Å². The van der Waals surface area contributed by atoms with Crippen LogP contribution >= 0.6 is 58.2 Å². The Morgan fingerprint density at radius 1 is 0.941 bits per heavy atom. The molecule has 0 fully saturated rings. The van der Waals surface area contributed by atoms with Crippen molar-refractivity contribution in [2.45, 2.75) is 23.9 Å². The van der Waals surface area contributed by atoms with Crippen LogP contribution in [0.15, 0.2) is 71.9 Å². The molecular weight excluding hydrogens is 534 g/mol. The molecule has 0 aliphatic heterocycles. The Labute approximate surface area is 221 Å². The van der Waals surface area contributed by atoms with Crippen molar-refractivity contribution in [2.24, 2.45) is 0 Å². The number of benzene rings is 3. The number of halogens is 4. The normalized spacial score (nSPS) is 11.9. The zero-order chi connectivity index (χ0) is 24.2. The number of nitrogens with zero attached hydrogens (tertiary/aromatic N) is 3. The molecule has 0 spiro atoms. The number of amides is 1. The number of nitrogens with one attached hydrogen (secondary N) is 1. The number of carbonyl (C=O) groups is 1. The maximum Gasteiger partial charge on any atom is 0.251 e. The minimum atomic E-state index is -0.515. The largest absolute Gasteiger partial charge is 0.342 e. The van der Waals surface area contributed by atoms with Crippen LogP contribution in [0.5, 0.6) is 0 Å². The average molecular weight is 552 g/mol. The van der Waals surface area contributed by atoms with E-state index in [1.165, 1.54) is 11.8 Å². The molecule has 0 bridgehead atoms. The van der Waals surface area contributed by atoms with Crippen molar-refractivity contribution in [1.29, 1.82) is 0 Å². The molecule has 174 valence electrons. The zero-order valence-corrected chi connectivity index (χ0v) is 21.6. The molecule has 5 nitrogen and oxygen atoms in total. The molecule has 0 aliphatic carbocycles. The van der Waals surface area contributed by atoms with Crippen molar-refractivity contribution in [3.05, 3.63) is 104 Å². The number of thioether (sulfide) groups is 1. The van der Waals surface area contributed by atoms with Gasteiger partial charge in [0.05, 0.1) is 16.8 Å². The van der Waals surface area contributed by atoms with Crippen LogP contribution in [0.25, 0.3) is 5.69 Å². The van der Waals surface area contributed by atoms with Gasteiger partial charge in [0.15, 0.2) is 11.0 Å². The predicted octanol–water partition coefficient (Wildman–Crippen LogP) is 7.66. The number of aromatic nitrogens is 3. The topological polar surface area (TPSA) is 59.8 Å². The van der Waals surface area contributed by atoms with Gasteiger partial charge in [-0.3, -0.25) is 9.36 Å². The molecule has 0 aliphatic rings. The first-order valence-corrected chi connectivity index (χ1v) is 12.7.